The molecule has 0 amide bonds. The predicted molar refractivity (Wildman–Crippen MR) is 82.0 cm³/mol. The monoisotopic (exact) mass is 311 g/mol. The number of halogens is 2. The van der Waals surface area contributed by atoms with Gasteiger partial charge in [-0.15, -0.1) is 0 Å². The average molecular weight is 312 g/mol. The van der Waals surface area contributed by atoms with Crippen molar-refractivity contribution in [2.75, 3.05) is 11.1 Å². The van der Waals surface area contributed by atoms with Crippen LogP contribution in [0.3, 0.4) is 0 Å². The molecular formula is C13H11Cl2N3O2. The zero-order valence-corrected chi connectivity index (χ0v) is 12.0. The highest BCUT2D eigenvalue weighted by Crippen LogP contribution is 2.34. The Morgan fingerprint density at radius 2 is 1.85 bits per heavy atom. The van der Waals surface area contributed by atoms with Gasteiger partial charge in [0, 0.05) is 17.4 Å². The molecule has 0 aromatic heterocycles. The fourth-order valence-corrected chi connectivity index (χ4v) is 2.12. The van der Waals surface area contributed by atoms with Crippen LogP contribution in [0.25, 0.3) is 0 Å². The number of nitro groups is 1. The highest BCUT2D eigenvalue weighted by Gasteiger charge is 2.15. The van der Waals surface area contributed by atoms with Crippen molar-refractivity contribution in [1.29, 1.82) is 0 Å². The lowest BCUT2D eigenvalue weighted by atomic mass is 10.1. The Morgan fingerprint density at radius 3 is 2.50 bits per heavy atom. The van der Waals surface area contributed by atoms with Gasteiger partial charge in [-0.2, -0.15) is 0 Å². The minimum Gasteiger partial charge on any atom is -0.399 e. The van der Waals surface area contributed by atoms with E-state index >= 15 is 0 Å². The van der Waals surface area contributed by atoms with E-state index in [4.69, 9.17) is 28.9 Å². The number of nitro benzene ring substituents is 1. The number of rotatable bonds is 3. The van der Waals surface area contributed by atoms with Gasteiger partial charge in [-0.25, -0.2) is 0 Å². The summed E-state index contributed by atoms with van der Waals surface area (Å²) in [6.45, 7) is 1.74. The Balaban J connectivity index is 2.42. The Hall–Kier alpha value is -1.98. The largest absolute Gasteiger partial charge is 0.399 e. The third-order valence-corrected chi connectivity index (χ3v) is 3.38. The van der Waals surface area contributed by atoms with Gasteiger partial charge in [-0.3, -0.25) is 10.1 Å². The summed E-state index contributed by atoms with van der Waals surface area (Å²) in [7, 11) is 0. The van der Waals surface area contributed by atoms with Crippen molar-refractivity contribution in [2.45, 2.75) is 6.92 Å². The summed E-state index contributed by atoms with van der Waals surface area (Å²) in [5, 5.41) is 14.4. The van der Waals surface area contributed by atoms with Crippen LogP contribution < -0.4 is 11.1 Å². The van der Waals surface area contributed by atoms with Crippen LogP contribution in [-0.2, 0) is 0 Å². The Kier molecular flexibility index (Phi) is 4.01. The minimum atomic E-state index is -0.521. The summed E-state index contributed by atoms with van der Waals surface area (Å²) in [6.07, 6.45) is 0. The van der Waals surface area contributed by atoms with Gasteiger partial charge >= 0.3 is 0 Å². The van der Waals surface area contributed by atoms with Gasteiger partial charge in [0.1, 0.15) is 5.02 Å². The van der Waals surface area contributed by atoms with Gasteiger partial charge in [0.15, 0.2) is 0 Å². The molecule has 0 bridgehead atoms. The van der Waals surface area contributed by atoms with E-state index in [-0.39, 0.29) is 10.7 Å². The zero-order valence-electron chi connectivity index (χ0n) is 10.5. The van der Waals surface area contributed by atoms with Crippen molar-refractivity contribution >= 4 is 46.0 Å². The lowest BCUT2D eigenvalue weighted by Crippen LogP contribution is -1.98. The second-order valence-electron chi connectivity index (χ2n) is 4.24. The number of anilines is 3. The van der Waals surface area contributed by atoms with E-state index in [9.17, 15) is 10.1 Å². The minimum absolute atomic E-state index is 0.0584. The van der Waals surface area contributed by atoms with Crippen LogP contribution in [0.1, 0.15) is 5.56 Å². The first-order valence-electron chi connectivity index (χ1n) is 5.65. The normalized spacial score (nSPS) is 10.3. The maximum absolute atomic E-state index is 10.8. The lowest BCUT2D eigenvalue weighted by molar-refractivity contribution is -0.384. The van der Waals surface area contributed by atoms with E-state index in [1.54, 1.807) is 25.1 Å². The first-order chi connectivity index (χ1) is 9.38. The number of nitrogens with two attached hydrogens (primary N) is 1. The van der Waals surface area contributed by atoms with Gasteiger partial charge in [-0.05, 0) is 36.8 Å². The molecule has 0 heterocycles. The summed E-state index contributed by atoms with van der Waals surface area (Å²) in [5.41, 5.74) is 8.05. The molecule has 2 rings (SSSR count). The second-order valence-corrected chi connectivity index (χ2v) is 5.05. The van der Waals surface area contributed by atoms with E-state index in [0.29, 0.717) is 27.6 Å². The Morgan fingerprint density at radius 1 is 1.15 bits per heavy atom. The van der Waals surface area contributed by atoms with E-state index in [1.807, 2.05) is 0 Å². The van der Waals surface area contributed by atoms with Crippen LogP contribution in [0.5, 0.6) is 0 Å². The molecule has 0 atom stereocenters. The number of nitrogen functional groups attached to an aromatic ring is 1. The maximum Gasteiger partial charge on any atom is 0.288 e. The molecule has 2 aromatic rings. The summed E-state index contributed by atoms with van der Waals surface area (Å²) in [6, 6.07) is 7.93. The summed E-state index contributed by atoms with van der Waals surface area (Å²) in [4.78, 5) is 10.3. The van der Waals surface area contributed by atoms with Crippen molar-refractivity contribution in [3.05, 3.63) is 56.1 Å². The zero-order chi connectivity index (χ0) is 14.9. The fraction of sp³-hybridized carbons (Fsp3) is 0.0769. The fourth-order valence-electron chi connectivity index (χ4n) is 1.72. The lowest BCUT2D eigenvalue weighted by Gasteiger charge is -2.12. The molecule has 0 saturated carbocycles. The van der Waals surface area contributed by atoms with E-state index in [0.717, 1.165) is 0 Å². The number of nitrogens with one attached hydrogen (secondary N) is 1. The van der Waals surface area contributed by atoms with E-state index < -0.39 is 4.92 Å². The highest BCUT2D eigenvalue weighted by atomic mass is 35.5. The van der Waals surface area contributed by atoms with Crippen LogP contribution in [0, 0.1) is 17.0 Å². The molecule has 5 nitrogen and oxygen atoms in total. The Bertz CT molecular complexity index is 690. The molecule has 7 heteroatoms. The van der Waals surface area contributed by atoms with Gasteiger partial charge in [0.25, 0.3) is 5.69 Å². The summed E-state index contributed by atoms with van der Waals surface area (Å²) in [5.74, 6) is 0. The van der Waals surface area contributed by atoms with Crippen molar-refractivity contribution in [2.24, 2.45) is 0 Å². The molecule has 20 heavy (non-hydrogen) atoms. The first kappa shape index (κ1) is 14.4. The van der Waals surface area contributed by atoms with Crippen LogP contribution in [0.2, 0.25) is 10.0 Å². The van der Waals surface area contributed by atoms with Crippen molar-refractivity contribution in [3.63, 3.8) is 0 Å². The quantitative estimate of drug-likeness (QED) is 0.495. The molecule has 104 valence electrons. The van der Waals surface area contributed by atoms with Crippen LogP contribution in [-0.4, -0.2) is 4.92 Å². The molecule has 0 aliphatic carbocycles. The molecule has 0 saturated heterocycles. The molecular weight excluding hydrogens is 301 g/mol. The number of hydrogen-bond acceptors (Lipinski definition) is 4. The molecule has 0 aliphatic heterocycles. The number of nitrogens with zero attached hydrogens (tertiary/aromatic N) is 1. The molecule has 2 aromatic carbocycles. The second kappa shape index (κ2) is 5.56. The summed E-state index contributed by atoms with van der Waals surface area (Å²) < 4.78 is 0. The van der Waals surface area contributed by atoms with Crippen LogP contribution in [0.4, 0.5) is 22.7 Å². The van der Waals surface area contributed by atoms with Crippen LogP contribution in [0.15, 0.2) is 30.3 Å². The van der Waals surface area contributed by atoms with Gasteiger partial charge in [0.2, 0.25) is 0 Å². The predicted octanol–water partition coefficient (Wildman–Crippen LogP) is 4.54. The van der Waals surface area contributed by atoms with Crippen molar-refractivity contribution < 1.29 is 4.92 Å². The molecule has 0 unspecified atom stereocenters. The SMILES string of the molecule is Cc1cc([N+](=O)[O-])c(Cl)cc1Nc1cc(N)ccc1Cl. The molecule has 0 radical (unpaired) electrons. The van der Waals surface area contributed by atoms with Gasteiger partial charge < -0.3 is 11.1 Å². The molecule has 0 fully saturated rings. The average Bonchev–Trinajstić information content (AvgIpc) is 2.37. The topological polar surface area (TPSA) is 81.2 Å². The van der Waals surface area contributed by atoms with E-state index in [2.05, 4.69) is 5.32 Å². The van der Waals surface area contributed by atoms with Crippen molar-refractivity contribution in [3.8, 4) is 0 Å². The molecule has 3 N–H and O–H groups in total. The standard InChI is InChI=1S/C13H11Cl2N3O2/c1-7-4-13(18(19)20)10(15)6-11(7)17-12-5-8(16)2-3-9(12)14/h2-6,17H,16H2,1H3. The van der Waals surface area contributed by atoms with Crippen LogP contribution >= 0.6 is 23.2 Å². The third kappa shape index (κ3) is 2.95. The number of hydrogen-bond donors (Lipinski definition) is 2. The third-order valence-electron chi connectivity index (χ3n) is 2.75. The number of aryl methyl sites for hydroxylation is 1. The number of benzene rings is 2. The molecule has 0 spiro atoms. The van der Waals surface area contributed by atoms with Crippen molar-refractivity contribution in [1.82, 2.24) is 0 Å². The summed E-state index contributed by atoms with van der Waals surface area (Å²) >= 11 is 12.0. The smallest absolute Gasteiger partial charge is 0.288 e. The Labute approximate surface area is 125 Å². The van der Waals surface area contributed by atoms with E-state index in [1.165, 1.54) is 12.1 Å². The maximum atomic E-state index is 10.8. The van der Waals surface area contributed by atoms with Gasteiger partial charge in [-0.1, -0.05) is 23.2 Å². The molecule has 0 aliphatic rings. The van der Waals surface area contributed by atoms with Gasteiger partial charge in [0.05, 0.1) is 15.6 Å². The highest BCUT2D eigenvalue weighted by molar-refractivity contribution is 6.34. The first-order valence-corrected chi connectivity index (χ1v) is 6.40.